The first-order valence-electron chi connectivity index (χ1n) is 12.6. The molecule has 3 atom stereocenters. The van der Waals surface area contributed by atoms with Gasteiger partial charge in [-0.3, -0.25) is 14.4 Å². The van der Waals surface area contributed by atoms with Crippen LogP contribution in [-0.2, 0) is 19.8 Å². The van der Waals surface area contributed by atoms with Crippen molar-refractivity contribution in [2.45, 2.75) is 51.1 Å². The number of nitrogens with one attached hydrogen (secondary N) is 3. The van der Waals surface area contributed by atoms with Gasteiger partial charge >= 0.3 is 0 Å². The first kappa shape index (κ1) is 25.2. The number of H-pyrrole nitrogens is 1. The van der Waals surface area contributed by atoms with E-state index in [1.54, 1.807) is 18.2 Å². The lowest BCUT2D eigenvalue weighted by atomic mass is 9.80. The highest BCUT2D eigenvalue weighted by atomic mass is 16.2. The molecule has 38 heavy (non-hydrogen) atoms. The van der Waals surface area contributed by atoms with E-state index in [1.807, 2.05) is 45.0 Å². The summed E-state index contributed by atoms with van der Waals surface area (Å²) >= 11 is 0. The zero-order valence-corrected chi connectivity index (χ0v) is 21.5. The van der Waals surface area contributed by atoms with Gasteiger partial charge in [-0.1, -0.05) is 43.7 Å². The fraction of sp³-hybridized carbons (Fsp3) is 0.345. The van der Waals surface area contributed by atoms with E-state index in [4.69, 9.17) is 6.57 Å². The Balaban J connectivity index is 1.42. The van der Waals surface area contributed by atoms with E-state index in [0.29, 0.717) is 29.6 Å². The van der Waals surface area contributed by atoms with Crippen molar-refractivity contribution in [2.75, 3.05) is 11.9 Å². The lowest BCUT2D eigenvalue weighted by Crippen LogP contribution is -2.51. The monoisotopic (exact) mass is 511 g/mol. The van der Waals surface area contributed by atoms with E-state index < -0.39 is 23.4 Å². The van der Waals surface area contributed by atoms with E-state index in [1.165, 1.54) is 4.90 Å². The molecule has 1 fully saturated rings. The Bertz CT molecular complexity index is 1520. The number of anilines is 1. The largest absolute Gasteiger partial charge is 0.352 e. The maximum absolute atomic E-state index is 13.9. The Kier molecular flexibility index (Phi) is 6.27. The van der Waals surface area contributed by atoms with Crippen molar-refractivity contribution in [3.63, 3.8) is 0 Å². The van der Waals surface area contributed by atoms with Crippen LogP contribution in [0.4, 0.5) is 11.4 Å². The number of amides is 3. The predicted molar refractivity (Wildman–Crippen MR) is 143 cm³/mol. The molecule has 1 aromatic heterocycles. The average molecular weight is 512 g/mol. The Morgan fingerprint density at radius 1 is 1.26 bits per heavy atom. The van der Waals surface area contributed by atoms with E-state index in [9.17, 15) is 19.2 Å². The van der Waals surface area contributed by atoms with Crippen LogP contribution in [0.3, 0.4) is 0 Å². The summed E-state index contributed by atoms with van der Waals surface area (Å²) < 4.78 is 0. The summed E-state index contributed by atoms with van der Waals surface area (Å²) in [5.74, 6) is -0.986. The molecule has 2 aliphatic rings. The van der Waals surface area contributed by atoms with Gasteiger partial charge in [0.05, 0.1) is 18.0 Å². The molecule has 0 unspecified atom stereocenters. The van der Waals surface area contributed by atoms with E-state index in [2.05, 4.69) is 20.5 Å². The van der Waals surface area contributed by atoms with Gasteiger partial charge in [-0.05, 0) is 49.4 Å². The number of aldehydes is 1. The average Bonchev–Trinajstić information content (AvgIpc) is 3.57. The molecule has 2 aliphatic heterocycles. The minimum Gasteiger partial charge on any atom is -0.352 e. The van der Waals surface area contributed by atoms with Gasteiger partial charge in [0, 0.05) is 23.1 Å². The maximum Gasteiger partial charge on any atom is 0.268 e. The third-order valence-corrected chi connectivity index (χ3v) is 7.58. The number of aromatic nitrogens is 1. The Hall–Kier alpha value is -4.45. The topological polar surface area (TPSA) is 116 Å². The molecule has 3 N–H and O–H groups in total. The number of aryl methyl sites for hydroxylation is 1. The number of hydrogen-bond acceptors (Lipinski definition) is 4. The minimum atomic E-state index is -1.00. The van der Waals surface area contributed by atoms with Gasteiger partial charge in [-0.25, -0.2) is 4.85 Å². The Morgan fingerprint density at radius 2 is 2.03 bits per heavy atom. The third-order valence-electron chi connectivity index (χ3n) is 7.58. The van der Waals surface area contributed by atoms with Crippen molar-refractivity contribution in [2.24, 2.45) is 5.92 Å². The maximum atomic E-state index is 13.9. The van der Waals surface area contributed by atoms with Gasteiger partial charge in [0.15, 0.2) is 5.69 Å². The molecule has 0 radical (unpaired) electrons. The number of likely N-dealkylation sites (tertiary alicyclic amines) is 1. The molecule has 3 amide bonds. The van der Waals surface area contributed by atoms with Gasteiger partial charge in [-0.2, -0.15) is 0 Å². The third kappa shape index (κ3) is 4.12. The van der Waals surface area contributed by atoms with E-state index in [-0.39, 0.29) is 36.4 Å². The smallest absolute Gasteiger partial charge is 0.268 e. The molecular weight excluding hydrogens is 482 g/mol. The lowest BCUT2D eigenvalue weighted by molar-refractivity contribution is -0.137. The van der Waals surface area contributed by atoms with Gasteiger partial charge in [-0.15, -0.1) is 0 Å². The normalized spacial score (nSPS) is 20.9. The van der Waals surface area contributed by atoms with E-state index in [0.717, 1.165) is 16.5 Å². The molecule has 194 valence electrons. The van der Waals surface area contributed by atoms with Crippen LogP contribution in [0.1, 0.15) is 48.3 Å². The zero-order valence-electron chi connectivity index (χ0n) is 21.5. The summed E-state index contributed by atoms with van der Waals surface area (Å²) in [7, 11) is 0. The highest BCUT2D eigenvalue weighted by molar-refractivity contribution is 6.08. The van der Waals surface area contributed by atoms with Crippen molar-refractivity contribution >= 4 is 46.3 Å². The van der Waals surface area contributed by atoms with Crippen LogP contribution in [0.25, 0.3) is 15.7 Å². The van der Waals surface area contributed by atoms with Crippen LogP contribution >= 0.6 is 0 Å². The number of para-hydroxylation sites is 1. The Labute approximate surface area is 220 Å². The van der Waals surface area contributed by atoms with Gasteiger partial charge in [0.2, 0.25) is 11.8 Å². The van der Waals surface area contributed by atoms with Gasteiger partial charge in [0.25, 0.3) is 5.91 Å². The molecule has 3 aromatic rings. The second kappa shape index (κ2) is 9.45. The second-order valence-electron chi connectivity index (χ2n) is 10.6. The molecule has 1 spiro atoms. The standard InChI is InChI=1S/C29H29N5O4/c1-16(2)9-25(32-26(36)24-12-20-17(3)10-18(30-4)11-23(20)31-24)27(37)34-15-29(13-19(34)14-35)21-7-5-6-8-22(21)33-28(29)38/h5-8,10-12,14,16,19,25,31H,9,13,15H2,1-3H3,(H,32,36)(H,33,38)/t19-,25-,29-/m0/s1. The van der Waals surface area contributed by atoms with Crippen LogP contribution in [0.2, 0.25) is 0 Å². The quantitative estimate of drug-likeness (QED) is 0.344. The van der Waals surface area contributed by atoms with E-state index >= 15 is 0 Å². The van der Waals surface area contributed by atoms with Crippen molar-refractivity contribution in [3.05, 3.63) is 70.7 Å². The summed E-state index contributed by atoms with van der Waals surface area (Å²) in [6, 6.07) is 10.8. The number of fused-ring (bicyclic) bond motifs is 3. The molecule has 9 heteroatoms. The number of rotatable bonds is 6. The highest BCUT2D eigenvalue weighted by Crippen LogP contribution is 2.46. The van der Waals surface area contributed by atoms with Crippen LogP contribution < -0.4 is 10.6 Å². The molecule has 1 saturated heterocycles. The first-order valence-corrected chi connectivity index (χ1v) is 12.6. The fourth-order valence-corrected chi connectivity index (χ4v) is 5.75. The molecule has 0 saturated carbocycles. The number of aromatic amines is 1. The zero-order chi connectivity index (χ0) is 27.2. The number of hydrogen-bond donors (Lipinski definition) is 3. The number of carbonyl (C=O) groups is 4. The van der Waals surface area contributed by atoms with Crippen LogP contribution in [0.5, 0.6) is 0 Å². The van der Waals surface area contributed by atoms with Crippen molar-refractivity contribution < 1.29 is 19.2 Å². The molecule has 2 aromatic carbocycles. The van der Waals surface area contributed by atoms with Crippen LogP contribution in [0, 0.1) is 19.4 Å². The predicted octanol–water partition coefficient (Wildman–Crippen LogP) is 3.86. The SMILES string of the molecule is [C-]#[N+]c1cc(C)c2cc(C(=O)N[C@@H](CC(C)C)C(=O)N3C[C@]4(C[C@H]3C=O)C(=O)Nc3ccccc34)[nH]c2c1. The van der Waals surface area contributed by atoms with Crippen molar-refractivity contribution in [1.82, 2.24) is 15.2 Å². The molecular formula is C29H29N5O4. The number of benzene rings is 2. The molecule has 9 nitrogen and oxygen atoms in total. The summed E-state index contributed by atoms with van der Waals surface area (Å²) in [5.41, 5.74) is 2.76. The van der Waals surface area contributed by atoms with Crippen molar-refractivity contribution in [1.29, 1.82) is 0 Å². The molecule has 5 rings (SSSR count). The molecule has 3 heterocycles. The second-order valence-corrected chi connectivity index (χ2v) is 10.6. The molecule has 0 bridgehead atoms. The summed E-state index contributed by atoms with van der Waals surface area (Å²) in [5, 5.41) is 6.58. The van der Waals surface area contributed by atoms with Crippen molar-refractivity contribution in [3.8, 4) is 0 Å². The number of carbonyl (C=O) groups excluding carboxylic acids is 4. The molecule has 0 aliphatic carbocycles. The minimum absolute atomic E-state index is 0.0630. The van der Waals surface area contributed by atoms with Crippen LogP contribution in [0.15, 0.2) is 42.5 Å². The first-order chi connectivity index (χ1) is 18.2. The lowest BCUT2D eigenvalue weighted by Gasteiger charge is -2.28. The number of nitrogens with zero attached hydrogens (tertiary/aromatic N) is 2. The highest BCUT2D eigenvalue weighted by Gasteiger charge is 2.56. The van der Waals surface area contributed by atoms with Crippen LogP contribution in [-0.4, -0.2) is 52.5 Å². The fourth-order valence-electron chi connectivity index (χ4n) is 5.75. The Morgan fingerprint density at radius 3 is 2.74 bits per heavy atom. The summed E-state index contributed by atoms with van der Waals surface area (Å²) in [4.78, 5) is 60.4. The van der Waals surface area contributed by atoms with Gasteiger partial charge in [0.1, 0.15) is 18.0 Å². The van der Waals surface area contributed by atoms with Gasteiger partial charge < -0.3 is 25.3 Å². The summed E-state index contributed by atoms with van der Waals surface area (Å²) in [6.45, 7) is 13.1. The summed E-state index contributed by atoms with van der Waals surface area (Å²) in [6.07, 6.45) is 1.27.